The van der Waals surface area contributed by atoms with Crippen LogP contribution in [0.5, 0.6) is 0 Å². The monoisotopic (exact) mass is 290 g/mol. The van der Waals surface area contributed by atoms with E-state index in [2.05, 4.69) is 5.32 Å². The third-order valence-corrected chi connectivity index (χ3v) is 3.90. The number of likely N-dealkylation sites (tertiary alicyclic amines) is 1. The van der Waals surface area contributed by atoms with E-state index in [0.717, 1.165) is 18.4 Å². The predicted octanol–water partition coefficient (Wildman–Crippen LogP) is 1.17. The molecular weight excluding hydrogens is 268 g/mol. The molecular formula is C16H22N2O3. The van der Waals surface area contributed by atoms with Crippen LogP contribution in [0.2, 0.25) is 0 Å². The van der Waals surface area contributed by atoms with Gasteiger partial charge < -0.3 is 15.3 Å². The van der Waals surface area contributed by atoms with E-state index in [0.29, 0.717) is 31.1 Å². The van der Waals surface area contributed by atoms with Gasteiger partial charge in [-0.3, -0.25) is 9.59 Å². The minimum Gasteiger partial charge on any atom is -0.396 e. The molecule has 1 aliphatic rings. The number of aliphatic hydroxyl groups excluding tert-OH is 1. The van der Waals surface area contributed by atoms with E-state index in [-0.39, 0.29) is 18.4 Å². The topological polar surface area (TPSA) is 69.6 Å². The van der Waals surface area contributed by atoms with Gasteiger partial charge in [0.15, 0.2) is 0 Å². The van der Waals surface area contributed by atoms with Crippen molar-refractivity contribution >= 4 is 11.8 Å². The lowest BCUT2D eigenvalue weighted by molar-refractivity contribution is -0.119. The molecule has 0 bridgehead atoms. The van der Waals surface area contributed by atoms with Gasteiger partial charge in [-0.1, -0.05) is 12.1 Å². The minimum absolute atomic E-state index is 0.0393. The molecule has 0 radical (unpaired) electrons. The van der Waals surface area contributed by atoms with E-state index in [1.807, 2.05) is 17.0 Å². The maximum absolute atomic E-state index is 12.4. The number of aliphatic hydroxyl groups is 1. The first-order chi connectivity index (χ1) is 10.1. The minimum atomic E-state index is -0.0677. The third kappa shape index (κ3) is 4.29. The molecule has 1 aromatic rings. The molecule has 1 fully saturated rings. The van der Waals surface area contributed by atoms with Gasteiger partial charge in [-0.2, -0.15) is 0 Å². The first kappa shape index (κ1) is 15.5. The summed E-state index contributed by atoms with van der Waals surface area (Å²) >= 11 is 0. The highest BCUT2D eigenvalue weighted by atomic mass is 16.3. The fourth-order valence-corrected chi connectivity index (χ4v) is 2.49. The summed E-state index contributed by atoms with van der Waals surface area (Å²) < 4.78 is 0. The van der Waals surface area contributed by atoms with Crippen molar-refractivity contribution in [3.63, 3.8) is 0 Å². The Morgan fingerprint density at radius 3 is 2.38 bits per heavy atom. The summed E-state index contributed by atoms with van der Waals surface area (Å²) in [6.45, 7) is 3.58. The van der Waals surface area contributed by atoms with E-state index in [1.54, 1.807) is 12.1 Å². The lowest BCUT2D eigenvalue weighted by Gasteiger charge is -2.31. The van der Waals surface area contributed by atoms with Gasteiger partial charge in [0, 0.05) is 38.7 Å². The van der Waals surface area contributed by atoms with Gasteiger partial charge in [-0.25, -0.2) is 0 Å². The molecule has 1 saturated heterocycles. The predicted molar refractivity (Wildman–Crippen MR) is 79.7 cm³/mol. The van der Waals surface area contributed by atoms with Crippen LogP contribution in [0.1, 0.15) is 35.7 Å². The van der Waals surface area contributed by atoms with Crippen molar-refractivity contribution in [1.29, 1.82) is 0 Å². The normalized spacial score (nSPS) is 15.8. The van der Waals surface area contributed by atoms with Crippen LogP contribution < -0.4 is 5.32 Å². The number of hydrogen-bond acceptors (Lipinski definition) is 3. The summed E-state index contributed by atoms with van der Waals surface area (Å²) in [5, 5.41) is 11.8. The Hall–Kier alpha value is -1.88. The van der Waals surface area contributed by atoms with Gasteiger partial charge >= 0.3 is 0 Å². The van der Waals surface area contributed by atoms with Gasteiger partial charge in [0.05, 0.1) is 0 Å². The van der Waals surface area contributed by atoms with Crippen LogP contribution in [0.15, 0.2) is 24.3 Å². The van der Waals surface area contributed by atoms with Crippen LogP contribution in [-0.2, 0) is 11.3 Å². The highest BCUT2D eigenvalue weighted by Gasteiger charge is 2.22. The molecule has 1 heterocycles. The number of carbonyl (C=O) groups excluding carboxylic acids is 2. The van der Waals surface area contributed by atoms with Crippen molar-refractivity contribution in [2.75, 3.05) is 19.7 Å². The molecule has 114 valence electrons. The Labute approximate surface area is 125 Å². The number of hydrogen-bond donors (Lipinski definition) is 2. The van der Waals surface area contributed by atoms with Gasteiger partial charge in [0.25, 0.3) is 5.91 Å². The van der Waals surface area contributed by atoms with E-state index in [4.69, 9.17) is 5.11 Å². The van der Waals surface area contributed by atoms with Crippen molar-refractivity contribution in [3.05, 3.63) is 35.4 Å². The largest absolute Gasteiger partial charge is 0.396 e. The molecule has 0 unspecified atom stereocenters. The van der Waals surface area contributed by atoms with Crippen molar-refractivity contribution in [2.24, 2.45) is 5.92 Å². The maximum Gasteiger partial charge on any atom is 0.253 e. The summed E-state index contributed by atoms with van der Waals surface area (Å²) in [7, 11) is 0. The number of piperidine rings is 1. The molecule has 2 N–H and O–H groups in total. The van der Waals surface area contributed by atoms with Crippen molar-refractivity contribution in [3.8, 4) is 0 Å². The molecule has 1 aliphatic heterocycles. The fourth-order valence-electron chi connectivity index (χ4n) is 2.49. The average Bonchev–Trinajstić information content (AvgIpc) is 2.53. The van der Waals surface area contributed by atoms with Crippen LogP contribution in [0.3, 0.4) is 0 Å². The Morgan fingerprint density at radius 1 is 1.24 bits per heavy atom. The molecule has 0 aromatic heterocycles. The number of carbonyl (C=O) groups is 2. The van der Waals surface area contributed by atoms with Crippen LogP contribution in [0, 0.1) is 5.92 Å². The summed E-state index contributed by atoms with van der Waals surface area (Å²) in [5.41, 5.74) is 1.64. The Kier molecular flexibility index (Phi) is 5.33. The Morgan fingerprint density at radius 2 is 1.86 bits per heavy atom. The second-order valence-corrected chi connectivity index (χ2v) is 5.52. The van der Waals surface area contributed by atoms with E-state index >= 15 is 0 Å². The Balaban J connectivity index is 1.92. The highest BCUT2D eigenvalue weighted by molar-refractivity contribution is 5.94. The summed E-state index contributed by atoms with van der Waals surface area (Å²) in [4.78, 5) is 25.1. The van der Waals surface area contributed by atoms with Crippen LogP contribution in [0.4, 0.5) is 0 Å². The number of amides is 2. The summed E-state index contributed by atoms with van der Waals surface area (Å²) in [6.07, 6.45) is 1.73. The molecule has 2 rings (SSSR count). The zero-order valence-corrected chi connectivity index (χ0v) is 12.3. The van der Waals surface area contributed by atoms with Crippen LogP contribution in [0.25, 0.3) is 0 Å². The SMILES string of the molecule is CC(=O)NCc1ccc(C(=O)N2CCC(CO)CC2)cc1. The maximum atomic E-state index is 12.4. The van der Waals surface area contributed by atoms with Gasteiger partial charge in [0.1, 0.15) is 0 Å². The second-order valence-electron chi connectivity index (χ2n) is 5.52. The molecule has 0 atom stereocenters. The Bertz CT molecular complexity index is 491. The molecule has 5 heteroatoms. The number of benzene rings is 1. The quantitative estimate of drug-likeness (QED) is 0.874. The molecule has 0 aliphatic carbocycles. The zero-order valence-electron chi connectivity index (χ0n) is 12.3. The van der Waals surface area contributed by atoms with Gasteiger partial charge in [0.2, 0.25) is 5.91 Å². The second kappa shape index (κ2) is 7.22. The van der Waals surface area contributed by atoms with Gasteiger partial charge in [-0.15, -0.1) is 0 Å². The zero-order chi connectivity index (χ0) is 15.2. The first-order valence-corrected chi connectivity index (χ1v) is 7.33. The van der Waals surface area contributed by atoms with E-state index < -0.39 is 0 Å². The molecule has 2 amide bonds. The fraction of sp³-hybridized carbons (Fsp3) is 0.500. The molecule has 0 saturated carbocycles. The van der Waals surface area contributed by atoms with Crippen LogP contribution >= 0.6 is 0 Å². The number of nitrogens with zero attached hydrogens (tertiary/aromatic N) is 1. The lowest BCUT2D eigenvalue weighted by Crippen LogP contribution is -2.39. The third-order valence-electron chi connectivity index (χ3n) is 3.90. The molecule has 21 heavy (non-hydrogen) atoms. The number of nitrogens with one attached hydrogen (secondary N) is 1. The van der Waals surface area contributed by atoms with Crippen LogP contribution in [-0.4, -0.2) is 41.5 Å². The lowest BCUT2D eigenvalue weighted by atomic mass is 9.97. The summed E-state index contributed by atoms with van der Waals surface area (Å²) in [5.74, 6) is 0.299. The van der Waals surface area contributed by atoms with E-state index in [1.165, 1.54) is 6.92 Å². The average molecular weight is 290 g/mol. The van der Waals surface area contributed by atoms with E-state index in [9.17, 15) is 9.59 Å². The van der Waals surface area contributed by atoms with Crippen molar-refractivity contribution in [1.82, 2.24) is 10.2 Å². The number of rotatable bonds is 4. The van der Waals surface area contributed by atoms with Crippen molar-refractivity contribution in [2.45, 2.75) is 26.3 Å². The highest BCUT2D eigenvalue weighted by Crippen LogP contribution is 2.18. The smallest absolute Gasteiger partial charge is 0.253 e. The van der Waals surface area contributed by atoms with Crippen molar-refractivity contribution < 1.29 is 14.7 Å². The summed E-state index contributed by atoms with van der Waals surface area (Å²) in [6, 6.07) is 7.34. The molecule has 0 spiro atoms. The standard InChI is InChI=1S/C16H22N2O3/c1-12(20)17-10-13-2-4-15(5-3-13)16(21)18-8-6-14(11-19)7-9-18/h2-5,14,19H,6-11H2,1H3,(H,17,20). The van der Waals surface area contributed by atoms with Gasteiger partial charge in [-0.05, 0) is 36.5 Å². The molecule has 5 nitrogen and oxygen atoms in total. The first-order valence-electron chi connectivity index (χ1n) is 7.33. The molecule has 1 aromatic carbocycles.